The molecule has 5 rings (SSSR count). The third-order valence-electron chi connectivity index (χ3n) is 12.8. The van der Waals surface area contributed by atoms with E-state index in [4.69, 9.17) is 0 Å². The van der Waals surface area contributed by atoms with E-state index in [1.807, 2.05) is 0 Å². The van der Waals surface area contributed by atoms with Crippen LogP contribution < -0.4 is 0 Å². The van der Waals surface area contributed by atoms with E-state index in [0.29, 0.717) is 40.4 Å². The molecule has 0 radical (unpaired) electrons. The van der Waals surface area contributed by atoms with Crippen LogP contribution in [0.15, 0.2) is 17.3 Å². The maximum atomic E-state index is 12.3. The first-order chi connectivity index (χ1) is 14.5. The predicted octanol–water partition coefficient (Wildman–Crippen LogP) is 7.13. The standard InChI is InChI=1S/C28H45NO2/c1-17(2)19-9-14-28(29-31)16-15-26(5)21(24(19)28)7-8-23-25(4)12-11-22(30)18(3)20(25)10-13-27(23,26)6/h18-24,30H,1,7-16H2,2-6H3/t18?,19-,20?,21?,22?,23?,24?,25?,26+,27?,28?/m0/s1. The number of rotatable bonds is 2. The molecule has 1 N–H and O–H groups in total. The van der Waals surface area contributed by atoms with Crippen molar-refractivity contribution < 1.29 is 5.11 Å². The highest BCUT2D eigenvalue weighted by Gasteiger charge is 2.70. The highest BCUT2D eigenvalue weighted by molar-refractivity contribution is 5.23. The quantitative estimate of drug-likeness (QED) is 0.376. The molecular formula is C28H45NO2. The second kappa shape index (κ2) is 6.90. The Kier molecular flexibility index (Phi) is 4.92. The molecule has 0 aromatic heterocycles. The van der Waals surface area contributed by atoms with Crippen LogP contribution in [0, 0.1) is 56.7 Å². The van der Waals surface area contributed by atoms with Gasteiger partial charge in [-0.15, -0.1) is 0 Å². The van der Waals surface area contributed by atoms with Crippen LogP contribution in [-0.2, 0) is 0 Å². The minimum Gasteiger partial charge on any atom is -0.393 e. The third kappa shape index (κ3) is 2.62. The van der Waals surface area contributed by atoms with E-state index in [1.165, 1.54) is 37.7 Å². The molecule has 174 valence electrons. The van der Waals surface area contributed by atoms with Crippen LogP contribution in [-0.4, -0.2) is 16.7 Å². The van der Waals surface area contributed by atoms with Gasteiger partial charge in [-0.1, -0.05) is 45.0 Å². The molecule has 9 unspecified atom stereocenters. The highest BCUT2D eigenvalue weighted by atomic mass is 16.3. The van der Waals surface area contributed by atoms with E-state index in [2.05, 4.69) is 46.4 Å². The molecule has 0 heterocycles. The fourth-order valence-corrected chi connectivity index (χ4v) is 10.9. The Morgan fingerprint density at radius 3 is 2.32 bits per heavy atom. The van der Waals surface area contributed by atoms with E-state index in [9.17, 15) is 10.0 Å². The number of fused-ring (bicyclic) bond motifs is 7. The topological polar surface area (TPSA) is 49.7 Å². The summed E-state index contributed by atoms with van der Waals surface area (Å²) >= 11 is 0. The first-order valence-electron chi connectivity index (χ1n) is 13.2. The summed E-state index contributed by atoms with van der Waals surface area (Å²) in [5.74, 6) is 3.28. The molecule has 3 nitrogen and oxygen atoms in total. The van der Waals surface area contributed by atoms with Gasteiger partial charge in [0.15, 0.2) is 0 Å². The Hall–Kier alpha value is -0.700. The second-order valence-electron chi connectivity index (χ2n) is 13.4. The van der Waals surface area contributed by atoms with Crippen LogP contribution in [0.4, 0.5) is 0 Å². The summed E-state index contributed by atoms with van der Waals surface area (Å²) in [6.07, 6.45) is 11.4. The van der Waals surface area contributed by atoms with Crippen molar-refractivity contribution in [2.24, 2.45) is 56.9 Å². The second-order valence-corrected chi connectivity index (χ2v) is 13.4. The van der Waals surface area contributed by atoms with Crippen LogP contribution in [0.2, 0.25) is 0 Å². The number of nitrogens with zero attached hydrogens (tertiary/aromatic N) is 1. The van der Waals surface area contributed by atoms with Crippen molar-refractivity contribution in [2.45, 2.75) is 110 Å². The Labute approximate surface area is 189 Å². The Morgan fingerprint density at radius 1 is 0.903 bits per heavy atom. The van der Waals surface area contributed by atoms with Crippen molar-refractivity contribution >= 4 is 0 Å². The maximum Gasteiger partial charge on any atom is 0.106 e. The smallest absolute Gasteiger partial charge is 0.106 e. The molecule has 5 aliphatic rings. The van der Waals surface area contributed by atoms with Gasteiger partial charge in [0.25, 0.3) is 0 Å². The lowest BCUT2D eigenvalue weighted by molar-refractivity contribution is -0.228. The minimum atomic E-state index is -0.332. The molecule has 11 atom stereocenters. The van der Waals surface area contributed by atoms with E-state index < -0.39 is 0 Å². The average molecular weight is 428 g/mol. The summed E-state index contributed by atoms with van der Waals surface area (Å²) in [7, 11) is 0. The number of allylic oxidation sites excluding steroid dienone is 1. The molecule has 5 fully saturated rings. The lowest BCUT2D eigenvalue weighted by Gasteiger charge is -2.71. The number of hydrogen-bond acceptors (Lipinski definition) is 3. The first-order valence-corrected chi connectivity index (χ1v) is 13.2. The van der Waals surface area contributed by atoms with Crippen molar-refractivity contribution in [3.8, 4) is 0 Å². The van der Waals surface area contributed by atoms with Gasteiger partial charge < -0.3 is 5.11 Å². The van der Waals surface area contributed by atoms with Crippen molar-refractivity contribution in [3.63, 3.8) is 0 Å². The van der Waals surface area contributed by atoms with Crippen LogP contribution >= 0.6 is 0 Å². The van der Waals surface area contributed by atoms with Gasteiger partial charge in [0.1, 0.15) is 5.54 Å². The maximum absolute atomic E-state index is 12.3. The van der Waals surface area contributed by atoms with E-state index >= 15 is 0 Å². The van der Waals surface area contributed by atoms with Gasteiger partial charge in [-0.2, -0.15) is 4.91 Å². The van der Waals surface area contributed by atoms with Crippen LogP contribution in [0.1, 0.15) is 98.8 Å². The van der Waals surface area contributed by atoms with Crippen LogP contribution in [0.5, 0.6) is 0 Å². The number of aliphatic hydroxyl groups excluding tert-OH is 1. The highest BCUT2D eigenvalue weighted by Crippen LogP contribution is 2.75. The van der Waals surface area contributed by atoms with Gasteiger partial charge in [-0.05, 0) is 123 Å². The molecule has 0 saturated heterocycles. The van der Waals surface area contributed by atoms with Crippen molar-refractivity contribution in [2.75, 3.05) is 0 Å². The summed E-state index contributed by atoms with van der Waals surface area (Å²) in [4.78, 5) is 12.3. The van der Waals surface area contributed by atoms with Gasteiger partial charge in [0.05, 0.1) is 6.10 Å². The molecule has 0 bridgehead atoms. The lowest BCUT2D eigenvalue weighted by Crippen LogP contribution is -2.66. The van der Waals surface area contributed by atoms with Gasteiger partial charge in [0, 0.05) is 0 Å². The van der Waals surface area contributed by atoms with Crippen LogP contribution in [0.3, 0.4) is 0 Å². The molecule has 0 aromatic rings. The zero-order chi connectivity index (χ0) is 22.4. The Balaban J connectivity index is 1.55. The van der Waals surface area contributed by atoms with Gasteiger partial charge in [-0.25, -0.2) is 0 Å². The predicted molar refractivity (Wildman–Crippen MR) is 126 cm³/mol. The molecule has 0 amide bonds. The molecular weight excluding hydrogens is 382 g/mol. The normalized spacial score (nSPS) is 58.5. The van der Waals surface area contributed by atoms with E-state index in [0.717, 1.165) is 38.0 Å². The van der Waals surface area contributed by atoms with Crippen molar-refractivity contribution in [1.82, 2.24) is 0 Å². The van der Waals surface area contributed by atoms with Crippen LogP contribution in [0.25, 0.3) is 0 Å². The Morgan fingerprint density at radius 2 is 1.65 bits per heavy atom. The third-order valence-corrected chi connectivity index (χ3v) is 12.8. The SMILES string of the molecule is C=C(C)[C@@H]1CCC2(N=O)CC[C@]3(C)C(CCC4C5(C)CCC(O)C(C)C5CCC43C)C12. The monoisotopic (exact) mass is 427 g/mol. The molecule has 31 heavy (non-hydrogen) atoms. The number of hydrogen-bond donors (Lipinski definition) is 1. The largest absolute Gasteiger partial charge is 0.393 e. The summed E-state index contributed by atoms with van der Waals surface area (Å²) in [6, 6.07) is 0. The van der Waals surface area contributed by atoms with Gasteiger partial charge >= 0.3 is 0 Å². The fraction of sp³-hybridized carbons (Fsp3) is 0.929. The fourth-order valence-electron chi connectivity index (χ4n) is 10.9. The van der Waals surface area contributed by atoms with Crippen molar-refractivity contribution in [3.05, 3.63) is 17.1 Å². The summed E-state index contributed by atoms with van der Waals surface area (Å²) in [5.41, 5.74) is 1.89. The van der Waals surface area contributed by atoms with Gasteiger partial charge in [0.2, 0.25) is 0 Å². The van der Waals surface area contributed by atoms with E-state index in [1.54, 1.807) is 0 Å². The van der Waals surface area contributed by atoms with Crippen molar-refractivity contribution in [1.29, 1.82) is 0 Å². The number of aliphatic hydroxyl groups is 1. The summed E-state index contributed by atoms with van der Waals surface area (Å²) < 4.78 is 0. The molecule has 3 heteroatoms. The molecule has 0 aromatic carbocycles. The Bertz CT molecular complexity index is 779. The summed E-state index contributed by atoms with van der Waals surface area (Å²) in [5, 5.41) is 14.5. The first kappa shape index (κ1) is 22.1. The zero-order valence-corrected chi connectivity index (χ0v) is 20.6. The molecule has 5 aliphatic carbocycles. The number of nitroso groups, excluding NO2 is 1. The lowest BCUT2D eigenvalue weighted by atomic mass is 9.33. The van der Waals surface area contributed by atoms with Gasteiger partial charge in [-0.3, -0.25) is 0 Å². The van der Waals surface area contributed by atoms with E-state index in [-0.39, 0.29) is 17.1 Å². The summed E-state index contributed by atoms with van der Waals surface area (Å²) in [6.45, 7) is 16.7. The minimum absolute atomic E-state index is 0.113. The zero-order valence-electron chi connectivity index (χ0n) is 20.6. The molecule has 5 saturated carbocycles. The molecule has 0 spiro atoms. The molecule has 0 aliphatic heterocycles. The average Bonchev–Trinajstić information content (AvgIpc) is 3.12.